The van der Waals surface area contributed by atoms with E-state index in [1.54, 1.807) is 0 Å². The van der Waals surface area contributed by atoms with Gasteiger partial charge in [0.2, 0.25) is 5.91 Å². The lowest BCUT2D eigenvalue weighted by Gasteiger charge is -2.38. The summed E-state index contributed by atoms with van der Waals surface area (Å²) in [5, 5.41) is 0. The van der Waals surface area contributed by atoms with Gasteiger partial charge in [0.25, 0.3) is 0 Å². The number of hydrogen-bond acceptors (Lipinski definition) is 3. The van der Waals surface area contributed by atoms with Crippen molar-refractivity contribution in [3.05, 3.63) is 71.8 Å². The fraction of sp³-hybridized carbons (Fsp3) is 0.417. The van der Waals surface area contributed by atoms with Crippen LogP contribution in [-0.2, 0) is 22.4 Å². The quantitative estimate of drug-likeness (QED) is 0.750. The van der Waals surface area contributed by atoms with E-state index in [1.807, 2.05) is 81.4 Å². The van der Waals surface area contributed by atoms with E-state index in [-0.39, 0.29) is 17.9 Å². The zero-order valence-corrected chi connectivity index (χ0v) is 16.9. The van der Waals surface area contributed by atoms with Gasteiger partial charge in [0.1, 0.15) is 5.60 Å². The van der Waals surface area contributed by atoms with Gasteiger partial charge in [0, 0.05) is 12.0 Å². The number of rotatable bonds is 4. The molecule has 0 unspecified atom stereocenters. The van der Waals surface area contributed by atoms with E-state index in [0.29, 0.717) is 12.8 Å². The predicted octanol–water partition coefficient (Wildman–Crippen LogP) is 5.01. The first kappa shape index (κ1) is 20.1. The molecular weight excluding hydrogens is 350 g/mol. The fourth-order valence-corrected chi connectivity index (χ4v) is 3.74. The van der Waals surface area contributed by atoms with E-state index in [1.165, 1.54) is 4.90 Å². The van der Waals surface area contributed by atoms with Gasteiger partial charge in [-0.05, 0) is 57.6 Å². The molecule has 0 saturated carbocycles. The number of likely N-dealkylation sites (tertiary alicyclic amines) is 1. The first-order valence-corrected chi connectivity index (χ1v) is 9.97. The predicted molar refractivity (Wildman–Crippen MR) is 110 cm³/mol. The van der Waals surface area contributed by atoms with Crippen LogP contribution in [0.3, 0.4) is 0 Å². The van der Waals surface area contributed by atoms with Crippen molar-refractivity contribution < 1.29 is 14.3 Å². The normalized spacial score (nSPS) is 20.1. The van der Waals surface area contributed by atoms with Crippen LogP contribution in [-0.4, -0.2) is 28.5 Å². The van der Waals surface area contributed by atoms with Crippen LogP contribution in [0, 0.1) is 5.92 Å². The highest BCUT2D eigenvalue weighted by Crippen LogP contribution is 2.30. The molecule has 0 aliphatic carbocycles. The van der Waals surface area contributed by atoms with Crippen LogP contribution in [0.25, 0.3) is 0 Å². The number of carbonyl (C=O) groups is 2. The van der Waals surface area contributed by atoms with Crippen molar-refractivity contribution in [3.8, 4) is 0 Å². The average Bonchev–Trinajstić information content (AvgIpc) is 2.64. The van der Waals surface area contributed by atoms with E-state index in [4.69, 9.17) is 4.74 Å². The maximum Gasteiger partial charge on any atom is 0.417 e. The summed E-state index contributed by atoms with van der Waals surface area (Å²) in [6.45, 7) is 5.48. The largest absolute Gasteiger partial charge is 0.443 e. The molecule has 1 fully saturated rings. The molecule has 2 atom stereocenters. The molecule has 0 spiro atoms. The van der Waals surface area contributed by atoms with Gasteiger partial charge >= 0.3 is 6.09 Å². The van der Waals surface area contributed by atoms with E-state index in [9.17, 15) is 9.59 Å². The lowest BCUT2D eigenvalue weighted by Crippen LogP contribution is -2.53. The van der Waals surface area contributed by atoms with Gasteiger partial charge in [-0.2, -0.15) is 0 Å². The number of imide groups is 1. The number of carbonyl (C=O) groups excluding carboxylic acids is 2. The highest BCUT2D eigenvalue weighted by molar-refractivity contribution is 5.94. The van der Waals surface area contributed by atoms with Gasteiger partial charge < -0.3 is 4.74 Å². The third-order valence-corrected chi connectivity index (χ3v) is 5.03. The van der Waals surface area contributed by atoms with Crippen LogP contribution in [0.4, 0.5) is 4.79 Å². The molecule has 0 radical (unpaired) electrons. The lowest BCUT2D eigenvalue weighted by molar-refractivity contribution is -0.140. The number of ether oxygens (including phenoxy) is 1. The molecule has 1 saturated heterocycles. The lowest BCUT2D eigenvalue weighted by atomic mass is 9.85. The van der Waals surface area contributed by atoms with Crippen molar-refractivity contribution in [3.63, 3.8) is 0 Å². The zero-order valence-electron chi connectivity index (χ0n) is 16.9. The molecule has 1 aliphatic heterocycles. The van der Waals surface area contributed by atoms with Crippen LogP contribution < -0.4 is 0 Å². The van der Waals surface area contributed by atoms with Crippen LogP contribution in [0.5, 0.6) is 0 Å². The molecule has 0 N–H and O–H groups in total. The summed E-state index contributed by atoms with van der Waals surface area (Å²) in [5.41, 5.74) is 1.60. The second kappa shape index (κ2) is 8.59. The zero-order chi connectivity index (χ0) is 20.1. The van der Waals surface area contributed by atoms with Gasteiger partial charge in [-0.3, -0.25) is 4.79 Å². The van der Waals surface area contributed by atoms with E-state index < -0.39 is 11.7 Å². The topological polar surface area (TPSA) is 46.6 Å². The second-order valence-electron chi connectivity index (χ2n) is 8.50. The Morgan fingerprint density at radius 3 is 2.00 bits per heavy atom. The van der Waals surface area contributed by atoms with E-state index in [2.05, 4.69) is 0 Å². The molecule has 2 aromatic rings. The van der Waals surface area contributed by atoms with Gasteiger partial charge in [-0.1, -0.05) is 60.7 Å². The third-order valence-electron chi connectivity index (χ3n) is 5.03. The molecule has 28 heavy (non-hydrogen) atoms. The molecular formula is C24H29NO3. The monoisotopic (exact) mass is 379 g/mol. The molecule has 0 aromatic heterocycles. The van der Waals surface area contributed by atoms with Crippen LogP contribution in [0.2, 0.25) is 0 Å². The van der Waals surface area contributed by atoms with Crippen molar-refractivity contribution >= 4 is 12.0 Å². The summed E-state index contributed by atoms with van der Waals surface area (Å²) in [5.74, 6) is -0.313. The van der Waals surface area contributed by atoms with Crippen molar-refractivity contribution in [1.29, 1.82) is 0 Å². The molecule has 0 bridgehead atoms. The Bertz CT molecular complexity index is 796. The van der Waals surface area contributed by atoms with Crippen molar-refractivity contribution in [1.82, 2.24) is 4.90 Å². The Morgan fingerprint density at radius 1 is 0.929 bits per heavy atom. The van der Waals surface area contributed by atoms with Crippen LogP contribution in [0.1, 0.15) is 44.7 Å². The summed E-state index contributed by atoms with van der Waals surface area (Å²) in [4.78, 5) is 27.6. The minimum absolute atomic E-state index is 0.120. The maximum absolute atomic E-state index is 13.3. The molecule has 4 nitrogen and oxygen atoms in total. The number of hydrogen-bond donors (Lipinski definition) is 0. The summed E-state index contributed by atoms with van der Waals surface area (Å²) in [7, 11) is 0. The first-order valence-electron chi connectivity index (χ1n) is 9.97. The Morgan fingerprint density at radius 2 is 1.46 bits per heavy atom. The number of piperidine rings is 1. The molecule has 2 amide bonds. The maximum atomic E-state index is 13.3. The van der Waals surface area contributed by atoms with Gasteiger partial charge in [0.05, 0.1) is 0 Å². The Kier molecular flexibility index (Phi) is 6.18. The Labute approximate surface area is 167 Å². The van der Waals surface area contributed by atoms with Crippen molar-refractivity contribution in [2.75, 3.05) is 0 Å². The first-order chi connectivity index (χ1) is 13.3. The second-order valence-corrected chi connectivity index (χ2v) is 8.50. The molecule has 3 rings (SSSR count). The third kappa shape index (κ3) is 5.22. The molecule has 148 valence electrons. The molecule has 1 heterocycles. The van der Waals surface area contributed by atoms with Crippen molar-refractivity contribution in [2.45, 2.75) is 58.1 Å². The highest BCUT2D eigenvalue weighted by atomic mass is 16.6. The summed E-state index contributed by atoms with van der Waals surface area (Å²) in [6.07, 6.45) is 2.35. The number of nitrogens with zero attached hydrogens (tertiary/aromatic N) is 1. The average molecular weight is 380 g/mol. The van der Waals surface area contributed by atoms with E-state index in [0.717, 1.165) is 24.0 Å². The Hall–Kier alpha value is -2.62. The summed E-state index contributed by atoms with van der Waals surface area (Å²) in [6, 6.07) is 19.8. The van der Waals surface area contributed by atoms with Gasteiger partial charge in [0.15, 0.2) is 0 Å². The van der Waals surface area contributed by atoms with Crippen LogP contribution in [0.15, 0.2) is 60.7 Å². The fourth-order valence-electron chi connectivity index (χ4n) is 3.74. The minimum atomic E-state index is -0.638. The SMILES string of the molecule is CC(C)(C)OC(=O)N1C(=O)[C@@H](Cc2ccccc2)CC[C@@H]1Cc1ccccc1. The summed E-state index contributed by atoms with van der Waals surface area (Å²) >= 11 is 0. The van der Waals surface area contributed by atoms with Crippen LogP contribution >= 0.6 is 0 Å². The molecule has 2 aromatic carbocycles. The number of benzene rings is 2. The summed E-state index contributed by atoms with van der Waals surface area (Å²) < 4.78 is 5.58. The Balaban J connectivity index is 1.80. The standard InChI is InChI=1S/C24H29NO3/c1-24(2,3)28-23(27)25-21(17-19-12-8-5-9-13-19)15-14-20(22(25)26)16-18-10-6-4-7-11-18/h4-13,20-21H,14-17H2,1-3H3/t20-,21-/m1/s1. The van der Waals surface area contributed by atoms with Gasteiger partial charge in [-0.15, -0.1) is 0 Å². The van der Waals surface area contributed by atoms with Gasteiger partial charge in [-0.25, -0.2) is 9.69 Å². The highest BCUT2D eigenvalue weighted by Gasteiger charge is 2.41. The molecule has 4 heteroatoms. The molecule has 1 aliphatic rings. The van der Waals surface area contributed by atoms with Crippen molar-refractivity contribution in [2.24, 2.45) is 5.92 Å². The minimum Gasteiger partial charge on any atom is -0.443 e. The smallest absolute Gasteiger partial charge is 0.417 e. The van der Waals surface area contributed by atoms with E-state index >= 15 is 0 Å². The number of amides is 2.